The van der Waals surface area contributed by atoms with Crippen LogP contribution in [0.25, 0.3) is 10.2 Å². The number of hydrogen-bond acceptors (Lipinski definition) is 5. The summed E-state index contributed by atoms with van der Waals surface area (Å²) in [6.45, 7) is 5.05. The Bertz CT molecular complexity index is 494. The average Bonchev–Trinajstić information content (AvgIpc) is 2.70. The van der Waals surface area contributed by atoms with E-state index in [0.29, 0.717) is 0 Å². The molecule has 1 unspecified atom stereocenters. The van der Waals surface area contributed by atoms with Crippen LogP contribution < -0.4 is 11.1 Å². The molecular weight excluding hydrogens is 232 g/mol. The highest BCUT2D eigenvalue weighted by Gasteiger charge is 2.06. The fraction of sp³-hybridized carbons (Fsp3) is 0.500. The maximum atomic E-state index is 5.88. The van der Waals surface area contributed by atoms with Gasteiger partial charge >= 0.3 is 0 Å². The summed E-state index contributed by atoms with van der Waals surface area (Å²) in [5.74, 6) is 0.919. The minimum Gasteiger partial charge on any atom is -0.369 e. The van der Waals surface area contributed by atoms with Gasteiger partial charge in [-0.1, -0.05) is 6.92 Å². The minimum atomic E-state index is 0.268. The molecule has 0 fully saturated rings. The summed E-state index contributed by atoms with van der Waals surface area (Å²) in [5.41, 5.74) is 5.88. The molecule has 0 bridgehead atoms. The number of thiophene rings is 1. The monoisotopic (exact) mass is 250 g/mol. The first-order chi connectivity index (χ1) is 8.20. The van der Waals surface area contributed by atoms with E-state index in [2.05, 4.69) is 35.2 Å². The summed E-state index contributed by atoms with van der Waals surface area (Å²) < 4.78 is 0. The van der Waals surface area contributed by atoms with Gasteiger partial charge in [0, 0.05) is 17.5 Å². The Morgan fingerprint density at radius 2 is 2.29 bits per heavy atom. The summed E-state index contributed by atoms with van der Waals surface area (Å²) in [7, 11) is 0. The summed E-state index contributed by atoms with van der Waals surface area (Å²) in [6.07, 6.45) is 3.59. The molecule has 17 heavy (non-hydrogen) atoms. The molecule has 3 N–H and O–H groups in total. The molecule has 92 valence electrons. The molecule has 0 aliphatic heterocycles. The Kier molecular flexibility index (Phi) is 3.91. The largest absolute Gasteiger partial charge is 0.369 e. The van der Waals surface area contributed by atoms with E-state index >= 15 is 0 Å². The minimum absolute atomic E-state index is 0.268. The van der Waals surface area contributed by atoms with Gasteiger partial charge in [-0.25, -0.2) is 9.97 Å². The van der Waals surface area contributed by atoms with Crippen molar-refractivity contribution >= 4 is 27.4 Å². The van der Waals surface area contributed by atoms with Crippen LogP contribution in [0.2, 0.25) is 0 Å². The topological polar surface area (TPSA) is 63.8 Å². The van der Waals surface area contributed by atoms with E-state index < -0.39 is 0 Å². The van der Waals surface area contributed by atoms with Gasteiger partial charge in [0.1, 0.15) is 17.0 Å². The number of aromatic nitrogens is 2. The second-order valence-electron chi connectivity index (χ2n) is 4.18. The third-order valence-corrected chi connectivity index (χ3v) is 3.74. The van der Waals surface area contributed by atoms with Crippen molar-refractivity contribution in [3.05, 3.63) is 17.3 Å². The number of fused-ring (bicyclic) bond motifs is 1. The molecule has 4 nitrogen and oxygen atoms in total. The van der Waals surface area contributed by atoms with Crippen LogP contribution in [0.5, 0.6) is 0 Å². The molecule has 2 rings (SSSR count). The Balaban J connectivity index is 2.08. The molecule has 1 atom stereocenters. The Morgan fingerprint density at radius 3 is 3.06 bits per heavy atom. The maximum Gasteiger partial charge on any atom is 0.138 e. The molecule has 0 aliphatic rings. The molecule has 0 aliphatic carbocycles. The number of nitrogens with one attached hydrogen (secondary N) is 1. The van der Waals surface area contributed by atoms with Gasteiger partial charge in [-0.3, -0.25) is 0 Å². The van der Waals surface area contributed by atoms with Crippen molar-refractivity contribution in [3.8, 4) is 0 Å². The molecular formula is C12H18N4S. The maximum absolute atomic E-state index is 5.88. The third kappa shape index (κ3) is 2.92. The van der Waals surface area contributed by atoms with Crippen LogP contribution in [0.1, 0.15) is 24.6 Å². The van der Waals surface area contributed by atoms with E-state index in [1.807, 2.05) is 0 Å². The van der Waals surface area contributed by atoms with Gasteiger partial charge in [0.25, 0.3) is 0 Å². The molecule has 2 aromatic rings. The fourth-order valence-corrected chi connectivity index (χ4v) is 2.54. The number of rotatable bonds is 5. The van der Waals surface area contributed by atoms with Crippen molar-refractivity contribution in [2.45, 2.75) is 32.7 Å². The van der Waals surface area contributed by atoms with E-state index in [1.54, 1.807) is 17.7 Å². The number of hydrogen-bond donors (Lipinski definition) is 2. The zero-order chi connectivity index (χ0) is 12.3. The van der Waals surface area contributed by atoms with Crippen molar-refractivity contribution in [3.63, 3.8) is 0 Å². The lowest BCUT2D eigenvalue weighted by Gasteiger charge is -2.10. The van der Waals surface area contributed by atoms with Crippen LogP contribution in [0.4, 0.5) is 5.82 Å². The van der Waals surface area contributed by atoms with Crippen molar-refractivity contribution in [1.29, 1.82) is 0 Å². The molecule has 0 aromatic carbocycles. The summed E-state index contributed by atoms with van der Waals surface area (Å²) in [5, 5.41) is 4.45. The van der Waals surface area contributed by atoms with Gasteiger partial charge in [-0.05, 0) is 25.8 Å². The summed E-state index contributed by atoms with van der Waals surface area (Å²) >= 11 is 1.69. The quantitative estimate of drug-likeness (QED) is 0.856. The fourth-order valence-electron chi connectivity index (χ4n) is 1.70. The Hall–Kier alpha value is -1.20. The van der Waals surface area contributed by atoms with Crippen LogP contribution >= 0.6 is 11.3 Å². The number of nitrogens with two attached hydrogens (primary N) is 1. The van der Waals surface area contributed by atoms with Crippen LogP contribution in [-0.2, 0) is 0 Å². The zero-order valence-electron chi connectivity index (χ0n) is 10.2. The number of nitrogens with zero attached hydrogens (tertiary/aromatic N) is 2. The lowest BCUT2D eigenvalue weighted by molar-refractivity contribution is 0.613. The highest BCUT2D eigenvalue weighted by Crippen LogP contribution is 2.27. The van der Waals surface area contributed by atoms with Crippen LogP contribution in [0.15, 0.2) is 12.4 Å². The second kappa shape index (κ2) is 5.42. The van der Waals surface area contributed by atoms with E-state index in [4.69, 9.17) is 5.73 Å². The normalized spacial score (nSPS) is 12.9. The number of anilines is 1. The first-order valence-corrected chi connectivity index (χ1v) is 6.73. The Labute approximate surface area is 105 Å². The zero-order valence-corrected chi connectivity index (χ0v) is 11.0. The molecule has 0 radical (unpaired) electrons. The SMILES string of the molecule is CCC(N)CCNc1ncnc2sc(C)cc12. The molecule has 0 spiro atoms. The highest BCUT2D eigenvalue weighted by molar-refractivity contribution is 7.18. The molecule has 0 saturated carbocycles. The van der Waals surface area contributed by atoms with Crippen molar-refractivity contribution in [2.75, 3.05) is 11.9 Å². The smallest absolute Gasteiger partial charge is 0.138 e. The highest BCUT2D eigenvalue weighted by atomic mass is 32.1. The van der Waals surface area contributed by atoms with Crippen LogP contribution in [0.3, 0.4) is 0 Å². The molecule has 2 heterocycles. The first-order valence-electron chi connectivity index (χ1n) is 5.91. The molecule has 0 amide bonds. The van der Waals surface area contributed by atoms with Gasteiger partial charge < -0.3 is 11.1 Å². The standard InChI is InChI=1S/C12H18N4S/c1-3-9(13)4-5-14-11-10-6-8(2)17-12(10)16-7-15-11/h6-7,9H,3-5,13H2,1-2H3,(H,14,15,16). The van der Waals surface area contributed by atoms with Gasteiger partial charge in [0.05, 0.1) is 5.39 Å². The lowest BCUT2D eigenvalue weighted by Crippen LogP contribution is -2.22. The summed E-state index contributed by atoms with van der Waals surface area (Å²) in [6, 6.07) is 2.39. The lowest BCUT2D eigenvalue weighted by atomic mass is 10.2. The van der Waals surface area contributed by atoms with E-state index in [-0.39, 0.29) is 6.04 Å². The van der Waals surface area contributed by atoms with E-state index in [9.17, 15) is 0 Å². The van der Waals surface area contributed by atoms with Gasteiger partial charge in [-0.2, -0.15) is 0 Å². The third-order valence-electron chi connectivity index (χ3n) is 2.78. The average molecular weight is 250 g/mol. The van der Waals surface area contributed by atoms with Gasteiger partial charge in [0.15, 0.2) is 0 Å². The molecule has 2 aromatic heterocycles. The predicted molar refractivity (Wildman–Crippen MR) is 73.5 cm³/mol. The predicted octanol–water partition coefficient (Wildman–Crippen LogP) is 2.54. The van der Waals surface area contributed by atoms with Crippen molar-refractivity contribution < 1.29 is 0 Å². The molecule has 5 heteroatoms. The van der Waals surface area contributed by atoms with Crippen LogP contribution in [-0.4, -0.2) is 22.6 Å². The second-order valence-corrected chi connectivity index (χ2v) is 5.42. The summed E-state index contributed by atoms with van der Waals surface area (Å²) in [4.78, 5) is 10.9. The molecule has 0 saturated heterocycles. The van der Waals surface area contributed by atoms with Crippen molar-refractivity contribution in [1.82, 2.24) is 9.97 Å². The first kappa shape index (κ1) is 12.3. The van der Waals surface area contributed by atoms with Gasteiger partial charge in [-0.15, -0.1) is 11.3 Å². The van der Waals surface area contributed by atoms with E-state index in [0.717, 1.165) is 35.4 Å². The van der Waals surface area contributed by atoms with E-state index in [1.165, 1.54) is 4.88 Å². The Morgan fingerprint density at radius 1 is 1.47 bits per heavy atom. The van der Waals surface area contributed by atoms with Crippen LogP contribution in [0, 0.1) is 6.92 Å². The number of aryl methyl sites for hydroxylation is 1. The van der Waals surface area contributed by atoms with Crippen molar-refractivity contribution in [2.24, 2.45) is 5.73 Å². The van der Waals surface area contributed by atoms with Gasteiger partial charge in [0.2, 0.25) is 0 Å².